The van der Waals surface area contributed by atoms with E-state index in [1.165, 1.54) is 0 Å². The molecule has 0 unspecified atom stereocenters. The second-order valence-corrected chi connectivity index (χ2v) is 3.99. The van der Waals surface area contributed by atoms with Crippen molar-refractivity contribution < 1.29 is 0 Å². The van der Waals surface area contributed by atoms with Crippen LogP contribution < -0.4 is 11.5 Å². The van der Waals surface area contributed by atoms with E-state index in [4.69, 9.17) is 16.9 Å². The van der Waals surface area contributed by atoms with Crippen LogP contribution in [0.5, 0.6) is 0 Å². The molecule has 0 atom stereocenters. The Morgan fingerprint density at radius 3 is 2.80 bits per heavy atom. The largest absolute Gasteiger partial charge is 0.388 e. The number of anilines is 1. The van der Waals surface area contributed by atoms with E-state index in [0.29, 0.717) is 12.2 Å². The zero-order chi connectivity index (χ0) is 10.4. The fourth-order valence-corrected chi connectivity index (χ4v) is 1.82. The van der Waals surface area contributed by atoms with E-state index in [9.17, 15) is 0 Å². The monoisotopic (exact) mass is 246 g/mol. The van der Waals surface area contributed by atoms with Gasteiger partial charge in [-0.2, -0.15) is 11.8 Å². The molecule has 15 heavy (non-hydrogen) atoms. The van der Waals surface area contributed by atoms with E-state index in [2.05, 4.69) is 4.98 Å². The average molecular weight is 247 g/mol. The van der Waals surface area contributed by atoms with Gasteiger partial charge in [-0.05, 0) is 12.1 Å². The molecule has 4 nitrogen and oxygen atoms in total. The van der Waals surface area contributed by atoms with E-state index < -0.39 is 0 Å². The number of amidine groups is 1. The number of thioether (sulfide) groups is 1. The fraction of sp³-hybridized carbons (Fsp3) is 0.333. The Kier molecular flexibility index (Phi) is 6.90. The quantitative estimate of drug-likeness (QED) is 0.419. The second-order valence-electron chi connectivity index (χ2n) is 2.88. The number of aromatic nitrogens is 1. The Morgan fingerprint density at radius 1 is 1.47 bits per heavy atom. The molecule has 0 saturated carbocycles. The van der Waals surface area contributed by atoms with Crippen molar-refractivity contribution in [1.29, 1.82) is 5.41 Å². The van der Waals surface area contributed by atoms with Crippen molar-refractivity contribution in [2.45, 2.75) is 12.2 Å². The van der Waals surface area contributed by atoms with Crippen LogP contribution in [0.4, 0.5) is 5.82 Å². The molecule has 0 aliphatic heterocycles. The molecule has 1 rings (SSSR count). The van der Waals surface area contributed by atoms with Crippen LogP contribution in [0, 0.1) is 5.41 Å². The molecule has 0 amide bonds. The van der Waals surface area contributed by atoms with E-state index >= 15 is 0 Å². The van der Waals surface area contributed by atoms with Crippen LogP contribution in [-0.4, -0.2) is 16.6 Å². The van der Waals surface area contributed by atoms with Crippen molar-refractivity contribution in [2.24, 2.45) is 5.73 Å². The lowest BCUT2D eigenvalue weighted by Gasteiger charge is -2.01. The molecule has 0 fully saturated rings. The molecule has 0 saturated heterocycles. The first-order valence-electron chi connectivity index (χ1n) is 4.30. The third-order valence-electron chi connectivity index (χ3n) is 1.59. The molecule has 84 valence electrons. The van der Waals surface area contributed by atoms with Gasteiger partial charge in [-0.1, -0.05) is 6.07 Å². The highest BCUT2D eigenvalue weighted by atomic mass is 35.5. The Bertz CT molecular complexity index is 319. The van der Waals surface area contributed by atoms with Crippen molar-refractivity contribution in [3.05, 3.63) is 23.9 Å². The number of pyridine rings is 1. The van der Waals surface area contributed by atoms with Gasteiger partial charge < -0.3 is 11.5 Å². The number of nitrogen functional groups attached to an aromatic ring is 1. The van der Waals surface area contributed by atoms with Gasteiger partial charge in [0.15, 0.2) is 0 Å². The number of nitrogens with one attached hydrogen (secondary N) is 1. The number of hydrogen-bond acceptors (Lipinski definition) is 4. The summed E-state index contributed by atoms with van der Waals surface area (Å²) in [4.78, 5) is 4.16. The summed E-state index contributed by atoms with van der Waals surface area (Å²) in [6, 6.07) is 5.60. The predicted octanol–water partition coefficient (Wildman–Crippen LogP) is 1.64. The predicted molar refractivity (Wildman–Crippen MR) is 68.6 cm³/mol. The van der Waals surface area contributed by atoms with E-state index in [0.717, 1.165) is 17.2 Å². The van der Waals surface area contributed by atoms with Crippen LogP contribution in [0.25, 0.3) is 0 Å². The topological polar surface area (TPSA) is 88.8 Å². The molecule has 6 heteroatoms. The molecule has 0 aliphatic rings. The number of nitrogens with zero attached hydrogens (tertiary/aromatic N) is 1. The zero-order valence-electron chi connectivity index (χ0n) is 8.27. The van der Waals surface area contributed by atoms with E-state index in [-0.39, 0.29) is 18.2 Å². The number of hydrogen-bond donors (Lipinski definition) is 3. The normalized spacial score (nSPS) is 9.33. The van der Waals surface area contributed by atoms with Gasteiger partial charge in [0, 0.05) is 17.9 Å². The molecule has 1 heterocycles. The molecular weight excluding hydrogens is 232 g/mol. The lowest BCUT2D eigenvalue weighted by molar-refractivity contribution is 1.17. The molecular formula is C9H15ClN4S. The highest BCUT2D eigenvalue weighted by Crippen LogP contribution is 2.11. The molecule has 0 radical (unpaired) electrons. The summed E-state index contributed by atoms with van der Waals surface area (Å²) >= 11 is 1.70. The van der Waals surface area contributed by atoms with Crippen molar-refractivity contribution in [1.82, 2.24) is 4.98 Å². The minimum absolute atomic E-state index is 0. The Labute approximate surface area is 99.8 Å². The summed E-state index contributed by atoms with van der Waals surface area (Å²) in [6.07, 6.45) is 0.632. The van der Waals surface area contributed by atoms with E-state index in [1.54, 1.807) is 17.8 Å². The summed E-state index contributed by atoms with van der Waals surface area (Å²) in [6.45, 7) is 0. The van der Waals surface area contributed by atoms with Gasteiger partial charge in [-0.25, -0.2) is 4.98 Å². The Hall–Kier alpha value is -0.940. The third kappa shape index (κ3) is 6.19. The Balaban J connectivity index is 0.00000196. The highest BCUT2D eigenvalue weighted by molar-refractivity contribution is 7.98. The van der Waals surface area contributed by atoms with Gasteiger partial charge >= 0.3 is 0 Å². The summed E-state index contributed by atoms with van der Waals surface area (Å²) in [5, 5.41) is 7.04. The minimum Gasteiger partial charge on any atom is -0.388 e. The van der Waals surface area contributed by atoms with Crippen LogP contribution in [0.2, 0.25) is 0 Å². The zero-order valence-corrected chi connectivity index (χ0v) is 9.90. The number of nitrogens with two attached hydrogens (primary N) is 2. The summed E-state index contributed by atoms with van der Waals surface area (Å²) in [7, 11) is 0. The molecule has 0 aliphatic carbocycles. The maximum Gasteiger partial charge on any atom is 0.123 e. The van der Waals surface area contributed by atoms with Gasteiger partial charge in [0.25, 0.3) is 0 Å². The smallest absolute Gasteiger partial charge is 0.123 e. The van der Waals surface area contributed by atoms with Crippen molar-refractivity contribution >= 4 is 35.8 Å². The standard InChI is InChI=1S/C9H14N4S.ClH/c10-8(11)4-5-14-6-7-2-1-3-9(12)13-7;/h1-3H,4-6H2,(H3,10,11)(H2,12,13);1H. The molecule has 0 bridgehead atoms. The van der Waals surface area contributed by atoms with Gasteiger partial charge in [0.2, 0.25) is 0 Å². The second kappa shape index (κ2) is 7.36. The summed E-state index contributed by atoms with van der Waals surface area (Å²) in [5.74, 6) is 2.46. The van der Waals surface area contributed by atoms with Crippen molar-refractivity contribution in [2.75, 3.05) is 11.5 Å². The van der Waals surface area contributed by atoms with Crippen LogP contribution in [0.15, 0.2) is 18.2 Å². The molecule has 1 aromatic rings. The number of halogens is 1. The average Bonchev–Trinajstić information content (AvgIpc) is 2.12. The maximum atomic E-state index is 7.04. The van der Waals surface area contributed by atoms with Crippen molar-refractivity contribution in [3.8, 4) is 0 Å². The number of rotatable bonds is 5. The van der Waals surface area contributed by atoms with Crippen LogP contribution in [-0.2, 0) is 5.75 Å². The van der Waals surface area contributed by atoms with Crippen molar-refractivity contribution in [3.63, 3.8) is 0 Å². The first-order valence-corrected chi connectivity index (χ1v) is 5.46. The van der Waals surface area contributed by atoms with Gasteiger partial charge in [-0.15, -0.1) is 12.4 Å². The van der Waals surface area contributed by atoms with Gasteiger partial charge in [-0.3, -0.25) is 5.41 Å². The molecule has 1 aromatic heterocycles. The summed E-state index contributed by atoms with van der Waals surface area (Å²) < 4.78 is 0. The first-order chi connectivity index (χ1) is 6.68. The Morgan fingerprint density at radius 2 is 2.20 bits per heavy atom. The van der Waals surface area contributed by atoms with Crippen LogP contribution >= 0.6 is 24.2 Å². The molecule has 0 spiro atoms. The lowest BCUT2D eigenvalue weighted by atomic mass is 10.4. The maximum absolute atomic E-state index is 7.04. The van der Waals surface area contributed by atoms with E-state index in [1.807, 2.05) is 12.1 Å². The van der Waals surface area contributed by atoms with Crippen LogP contribution in [0.3, 0.4) is 0 Å². The van der Waals surface area contributed by atoms with Gasteiger partial charge in [0.05, 0.1) is 11.5 Å². The van der Waals surface area contributed by atoms with Crippen LogP contribution in [0.1, 0.15) is 12.1 Å². The lowest BCUT2D eigenvalue weighted by Crippen LogP contribution is -2.09. The molecule has 0 aromatic carbocycles. The SMILES string of the molecule is Cl.N=C(N)CCSCc1cccc(N)n1. The summed E-state index contributed by atoms with van der Waals surface area (Å²) in [5.41, 5.74) is 11.7. The molecule has 5 N–H and O–H groups in total. The highest BCUT2D eigenvalue weighted by Gasteiger charge is 1.96. The minimum atomic E-state index is 0. The third-order valence-corrected chi connectivity index (χ3v) is 2.59. The fourth-order valence-electron chi connectivity index (χ4n) is 0.937. The van der Waals surface area contributed by atoms with Gasteiger partial charge in [0.1, 0.15) is 5.82 Å². The first kappa shape index (κ1) is 14.1.